The van der Waals surface area contributed by atoms with Gasteiger partial charge in [-0.3, -0.25) is 4.79 Å². The Bertz CT molecular complexity index is 1000. The maximum Gasteiger partial charge on any atom is 0.408 e. The number of carbonyl (C=O) groups excluding carboxylic acids is 2. The van der Waals surface area contributed by atoms with Gasteiger partial charge in [-0.1, -0.05) is 48.5 Å². The summed E-state index contributed by atoms with van der Waals surface area (Å²) >= 11 is 0. The maximum absolute atomic E-state index is 12.9. The van der Waals surface area contributed by atoms with Crippen molar-refractivity contribution in [2.24, 2.45) is 0 Å². The lowest BCUT2D eigenvalue weighted by Gasteiger charge is -2.36. The van der Waals surface area contributed by atoms with Gasteiger partial charge in [-0.05, 0) is 36.1 Å². The topological polar surface area (TPSA) is 105 Å². The van der Waals surface area contributed by atoms with Crippen molar-refractivity contribution in [2.45, 2.75) is 31.4 Å². The molecule has 2 amide bonds. The van der Waals surface area contributed by atoms with Gasteiger partial charge in [-0.2, -0.15) is 0 Å². The van der Waals surface area contributed by atoms with Crippen LogP contribution >= 0.6 is 0 Å². The number of aliphatic carboxylic acids is 1. The Morgan fingerprint density at radius 1 is 1.09 bits per heavy atom. The highest BCUT2D eigenvalue weighted by atomic mass is 16.5. The lowest BCUT2D eigenvalue weighted by molar-refractivity contribution is -0.161. The van der Waals surface area contributed by atoms with Crippen molar-refractivity contribution in [1.82, 2.24) is 10.2 Å². The van der Waals surface area contributed by atoms with Gasteiger partial charge in [0.05, 0.1) is 13.2 Å². The molecule has 0 spiro atoms. The minimum absolute atomic E-state index is 0.0655. The van der Waals surface area contributed by atoms with Gasteiger partial charge in [0.25, 0.3) is 0 Å². The predicted octanol–water partition coefficient (Wildman–Crippen LogP) is 2.62. The lowest BCUT2D eigenvalue weighted by Crippen LogP contribution is -2.59. The van der Waals surface area contributed by atoms with Gasteiger partial charge in [0, 0.05) is 12.5 Å². The van der Waals surface area contributed by atoms with E-state index in [0.717, 1.165) is 22.3 Å². The van der Waals surface area contributed by atoms with Crippen LogP contribution in [0.4, 0.5) is 4.79 Å². The third kappa shape index (κ3) is 4.18. The fourth-order valence-corrected chi connectivity index (χ4v) is 4.32. The zero-order valence-electron chi connectivity index (χ0n) is 18.0. The van der Waals surface area contributed by atoms with Crippen LogP contribution in [0.15, 0.2) is 48.5 Å². The van der Waals surface area contributed by atoms with E-state index in [0.29, 0.717) is 0 Å². The van der Waals surface area contributed by atoms with Crippen LogP contribution in [0.25, 0.3) is 11.1 Å². The number of fused-ring (bicyclic) bond motifs is 3. The Morgan fingerprint density at radius 2 is 1.69 bits per heavy atom. The summed E-state index contributed by atoms with van der Waals surface area (Å²) in [6, 6.07) is 16.1. The highest BCUT2D eigenvalue weighted by molar-refractivity contribution is 5.90. The summed E-state index contributed by atoms with van der Waals surface area (Å²) in [5, 5.41) is 11.8. The summed E-state index contributed by atoms with van der Waals surface area (Å²) in [4.78, 5) is 38.1. The van der Waals surface area contributed by atoms with Crippen LogP contribution in [-0.2, 0) is 19.1 Å². The van der Waals surface area contributed by atoms with E-state index < -0.39 is 23.7 Å². The molecule has 168 valence electrons. The van der Waals surface area contributed by atoms with E-state index in [4.69, 9.17) is 14.6 Å². The molecule has 0 bridgehead atoms. The smallest absolute Gasteiger partial charge is 0.408 e. The standard InChI is InChI=1S/C24H26N2O6/c1-24(2,22(29)26-11-12-31-20(13-26)21(27)28)25-23(30)32-14-19-17-9-5-3-7-15(17)16-8-4-6-10-18(16)19/h3-10,19-20H,11-14H2,1-2H3,(H,25,30)(H,27,28). The number of morpholine rings is 1. The first-order valence-corrected chi connectivity index (χ1v) is 10.5. The Hall–Kier alpha value is -3.39. The van der Waals surface area contributed by atoms with Gasteiger partial charge in [0.2, 0.25) is 5.91 Å². The third-order valence-corrected chi connectivity index (χ3v) is 5.92. The Morgan fingerprint density at radius 3 is 2.28 bits per heavy atom. The van der Waals surface area contributed by atoms with E-state index in [1.807, 2.05) is 36.4 Å². The van der Waals surface area contributed by atoms with Gasteiger partial charge in [-0.15, -0.1) is 0 Å². The largest absolute Gasteiger partial charge is 0.479 e. The number of nitrogens with zero attached hydrogens (tertiary/aromatic N) is 1. The Balaban J connectivity index is 1.40. The van der Waals surface area contributed by atoms with Crippen LogP contribution in [0.1, 0.15) is 30.9 Å². The van der Waals surface area contributed by atoms with Crippen molar-refractivity contribution in [3.05, 3.63) is 59.7 Å². The molecular formula is C24H26N2O6. The van der Waals surface area contributed by atoms with E-state index in [1.54, 1.807) is 13.8 Å². The summed E-state index contributed by atoms with van der Waals surface area (Å²) in [6.07, 6.45) is -1.77. The number of amides is 2. The molecule has 2 N–H and O–H groups in total. The van der Waals surface area contributed by atoms with Crippen molar-refractivity contribution in [3.8, 4) is 11.1 Å². The Labute approximate surface area is 186 Å². The normalized spacial score (nSPS) is 17.9. The maximum atomic E-state index is 12.9. The summed E-state index contributed by atoms with van der Waals surface area (Å²) in [5.41, 5.74) is 3.21. The number of carboxylic acids is 1. The van der Waals surface area contributed by atoms with Crippen molar-refractivity contribution < 1.29 is 29.0 Å². The molecule has 0 saturated carbocycles. The highest BCUT2D eigenvalue weighted by Crippen LogP contribution is 2.44. The molecule has 4 rings (SSSR count). The first kappa shape index (κ1) is 21.8. The molecule has 1 saturated heterocycles. The summed E-state index contributed by atoms with van der Waals surface area (Å²) in [7, 11) is 0. The molecule has 2 aliphatic rings. The van der Waals surface area contributed by atoms with E-state index in [-0.39, 0.29) is 38.1 Å². The number of alkyl carbamates (subject to hydrolysis) is 1. The molecule has 1 unspecified atom stereocenters. The number of hydrogen-bond acceptors (Lipinski definition) is 5. The van der Waals surface area contributed by atoms with Crippen LogP contribution < -0.4 is 5.32 Å². The fourth-order valence-electron chi connectivity index (χ4n) is 4.32. The number of carboxylic acid groups (broad SMARTS) is 1. The van der Waals surface area contributed by atoms with Crippen LogP contribution in [0, 0.1) is 0 Å². The molecule has 1 heterocycles. The second-order valence-electron chi connectivity index (χ2n) is 8.52. The molecule has 1 aliphatic carbocycles. The lowest BCUT2D eigenvalue weighted by atomic mass is 9.98. The first-order valence-electron chi connectivity index (χ1n) is 10.5. The Kier molecular flexibility index (Phi) is 5.88. The predicted molar refractivity (Wildman–Crippen MR) is 116 cm³/mol. The van der Waals surface area contributed by atoms with Crippen LogP contribution in [0.2, 0.25) is 0 Å². The summed E-state index contributed by atoms with van der Waals surface area (Å²) in [6.45, 7) is 3.61. The molecule has 8 nitrogen and oxygen atoms in total. The van der Waals surface area contributed by atoms with Crippen molar-refractivity contribution in [2.75, 3.05) is 26.3 Å². The summed E-state index contributed by atoms with van der Waals surface area (Å²) < 4.78 is 10.7. The molecule has 1 atom stereocenters. The second-order valence-corrected chi connectivity index (χ2v) is 8.52. The minimum atomic E-state index is -1.26. The molecule has 0 aromatic heterocycles. The molecule has 0 radical (unpaired) electrons. The van der Waals surface area contributed by atoms with Gasteiger partial charge >= 0.3 is 12.1 Å². The molecule has 1 fully saturated rings. The van der Waals surface area contributed by atoms with Crippen LogP contribution in [0.3, 0.4) is 0 Å². The number of hydrogen-bond donors (Lipinski definition) is 2. The van der Waals surface area contributed by atoms with E-state index >= 15 is 0 Å². The summed E-state index contributed by atoms with van der Waals surface area (Å²) in [5.74, 6) is -1.59. The minimum Gasteiger partial charge on any atom is -0.479 e. The van der Waals surface area contributed by atoms with Gasteiger partial charge in [0.1, 0.15) is 12.1 Å². The third-order valence-electron chi connectivity index (χ3n) is 5.92. The zero-order valence-corrected chi connectivity index (χ0v) is 18.0. The highest BCUT2D eigenvalue weighted by Gasteiger charge is 2.38. The van der Waals surface area contributed by atoms with Gasteiger partial charge < -0.3 is 24.8 Å². The molecule has 2 aromatic rings. The molecular weight excluding hydrogens is 412 g/mol. The number of benzene rings is 2. The molecule has 8 heteroatoms. The number of nitrogens with one attached hydrogen (secondary N) is 1. The SMILES string of the molecule is CC(C)(NC(=O)OCC1c2ccccc2-c2ccccc21)C(=O)N1CCOC(C(=O)O)C1. The van der Waals surface area contributed by atoms with Crippen molar-refractivity contribution in [3.63, 3.8) is 0 Å². The van der Waals surface area contributed by atoms with E-state index in [2.05, 4.69) is 17.4 Å². The molecule has 32 heavy (non-hydrogen) atoms. The van der Waals surface area contributed by atoms with Gasteiger partial charge in [-0.25, -0.2) is 9.59 Å². The number of ether oxygens (including phenoxy) is 2. The number of rotatable bonds is 5. The average molecular weight is 438 g/mol. The first-order chi connectivity index (χ1) is 15.3. The molecule has 1 aliphatic heterocycles. The fraction of sp³-hybridized carbons (Fsp3) is 0.375. The van der Waals surface area contributed by atoms with E-state index in [1.165, 1.54) is 4.90 Å². The van der Waals surface area contributed by atoms with Gasteiger partial charge in [0.15, 0.2) is 6.10 Å². The zero-order chi connectivity index (χ0) is 22.9. The second kappa shape index (κ2) is 8.63. The average Bonchev–Trinajstić information content (AvgIpc) is 3.10. The van der Waals surface area contributed by atoms with Crippen molar-refractivity contribution >= 4 is 18.0 Å². The number of carbonyl (C=O) groups is 3. The van der Waals surface area contributed by atoms with E-state index in [9.17, 15) is 14.4 Å². The van der Waals surface area contributed by atoms with Crippen LogP contribution in [0.5, 0.6) is 0 Å². The monoisotopic (exact) mass is 438 g/mol. The molecule has 2 aromatic carbocycles. The van der Waals surface area contributed by atoms with Crippen molar-refractivity contribution in [1.29, 1.82) is 0 Å². The van der Waals surface area contributed by atoms with Crippen LogP contribution in [-0.4, -0.2) is 65.9 Å². The quantitative estimate of drug-likeness (QED) is 0.744.